The van der Waals surface area contributed by atoms with E-state index in [-0.39, 0.29) is 11.6 Å². The Hall–Kier alpha value is -1.11. The van der Waals surface area contributed by atoms with Crippen molar-refractivity contribution in [3.8, 4) is 0 Å². The summed E-state index contributed by atoms with van der Waals surface area (Å²) in [4.78, 5) is 10.8. The molecule has 0 bridgehead atoms. The van der Waals surface area contributed by atoms with Crippen LogP contribution in [0.15, 0.2) is 24.3 Å². The van der Waals surface area contributed by atoms with Crippen molar-refractivity contribution in [2.75, 3.05) is 6.54 Å². The van der Waals surface area contributed by atoms with E-state index in [1.54, 1.807) is 18.2 Å². The lowest BCUT2D eigenvalue weighted by molar-refractivity contribution is -0.136. The zero-order valence-electron chi connectivity index (χ0n) is 9.71. The molecule has 100 valence electrons. The monoisotopic (exact) mass is 291 g/mol. The maximum Gasteiger partial charge on any atom is 0.321 e. The maximum atomic E-state index is 12.1. The van der Waals surface area contributed by atoms with Crippen LogP contribution >= 0.6 is 11.6 Å². The van der Waals surface area contributed by atoms with E-state index >= 15 is 0 Å². The number of halogens is 1. The first-order chi connectivity index (χ1) is 8.32. The molecule has 0 aliphatic rings. The summed E-state index contributed by atoms with van der Waals surface area (Å²) in [6.07, 6.45) is 0. The lowest BCUT2D eigenvalue weighted by Gasteiger charge is -2.19. The van der Waals surface area contributed by atoms with Crippen LogP contribution in [0, 0.1) is 0 Å². The minimum Gasteiger partial charge on any atom is -0.480 e. The molecule has 7 heteroatoms. The minimum absolute atomic E-state index is 0.219. The van der Waals surface area contributed by atoms with Gasteiger partial charge in [-0.05, 0) is 18.6 Å². The number of nitrogens with two attached hydrogens (primary N) is 1. The highest BCUT2D eigenvalue weighted by Crippen LogP contribution is 2.30. The van der Waals surface area contributed by atoms with E-state index in [0.717, 1.165) is 6.92 Å². The first kappa shape index (κ1) is 14.9. The smallest absolute Gasteiger partial charge is 0.321 e. The van der Waals surface area contributed by atoms with E-state index in [9.17, 15) is 13.2 Å². The molecular formula is C11H14ClNO4S. The molecular weight excluding hydrogens is 278 g/mol. The van der Waals surface area contributed by atoms with E-state index in [0.29, 0.717) is 5.56 Å². The summed E-state index contributed by atoms with van der Waals surface area (Å²) in [7, 11) is -3.93. The standard InChI is InChI=1S/C11H14ClNO4S/c1-7(11(14)15)18(16,17)10(6-13)8-4-2-3-5-9(8)12/h2-5,7,10H,6,13H2,1H3,(H,14,15). The molecule has 0 saturated carbocycles. The molecule has 0 heterocycles. The van der Waals surface area contributed by atoms with Crippen LogP contribution in [0.1, 0.15) is 17.7 Å². The van der Waals surface area contributed by atoms with E-state index in [1.165, 1.54) is 6.07 Å². The summed E-state index contributed by atoms with van der Waals surface area (Å²) in [5.74, 6) is -1.40. The van der Waals surface area contributed by atoms with Gasteiger partial charge in [0.1, 0.15) is 5.25 Å². The van der Waals surface area contributed by atoms with E-state index in [4.69, 9.17) is 22.4 Å². The molecule has 0 spiro atoms. The van der Waals surface area contributed by atoms with Crippen molar-refractivity contribution in [2.24, 2.45) is 5.73 Å². The van der Waals surface area contributed by atoms with Gasteiger partial charge in [-0.3, -0.25) is 4.79 Å². The predicted octanol–water partition coefficient (Wildman–Crippen LogP) is 1.23. The number of sulfone groups is 1. The number of carboxylic acid groups (broad SMARTS) is 1. The molecule has 0 amide bonds. The van der Waals surface area contributed by atoms with Crippen LogP contribution in [-0.4, -0.2) is 31.3 Å². The number of hydrogen-bond donors (Lipinski definition) is 2. The van der Waals surface area contributed by atoms with E-state index in [2.05, 4.69) is 0 Å². The van der Waals surface area contributed by atoms with Crippen molar-refractivity contribution in [1.82, 2.24) is 0 Å². The second-order valence-corrected chi connectivity index (χ2v) is 6.68. The Balaban J connectivity index is 3.28. The SMILES string of the molecule is CC(C(=O)O)S(=O)(=O)C(CN)c1ccccc1Cl. The molecule has 18 heavy (non-hydrogen) atoms. The van der Waals surface area contributed by atoms with Gasteiger partial charge < -0.3 is 10.8 Å². The molecule has 3 N–H and O–H groups in total. The van der Waals surface area contributed by atoms with Gasteiger partial charge in [0.25, 0.3) is 0 Å². The van der Waals surface area contributed by atoms with Crippen molar-refractivity contribution in [3.63, 3.8) is 0 Å². The molecule has 0 aromatic heterocycles. The van der Waals surface area contributed by atoms with Gasteiger partial charge >= 0.3 is 5.97 Å². The third-order valence-corrected chi connectivity index (χ3v) is 5.47. The summed E-state index contributed by atoms with van der Waals surface area (Å²) >= 11 is 5.92. The zero-order chi connectivity index (χ0) is 13.9. The number of hydrogen-bond acceptors (Lipinski definition) is 4. The number of carboxylic acids is 1. The van der Waals surface area contributed by atoms with Crippen molar-refractivity contribution in [3.05, 3.63) is 34.9 Å². The molecule has 0 radical (unpaired) electrons. The fourth-order valence-electron chi connectivity index (χ4n) is 1.56. The number of rotatable bonds is 5. The molecule has 5 nitrogen and oxygen atoms in total. The predicted molar refractivity (Wildman–Crippen MR) is 69.3 cm³/mol. The highest BCUT2D eigenvalue weighted by atomic mass is 35.5. The van der Waals surface area contributed by atoms with E-state index < -0.39 is 26.3 Å². The molecule has 0 aliphatic carbocycles. The highest BCUT2D eigenvalue weighted by Gasteiger charge is 2.36. The Bertz CT molecular complexity index is 544. The zero-order valence-corrected chi connectivity index (χ0v) is 11.3. The number of carbonyl (C=O) groups is 1. The Morgan fingerprint density at radius 3 is 2.44 bits per heavy atom. The van der Waals surface area contributed by atoms with Gasteiger partial charge in [-0.1, -0.05) is 29.8 Å². The number of benzene rings is 1. The highest BCUT2D eigenvalue weighted by molar-refractivity contribution is 7.93. The Kier molecular flexibility index (Phi) is 4.72. The van der Waals surface area contributed by atoms with Crippen molar-refractivity contribution >= 4 is 27.4 Å². The van der Waals surface area contributed by atoms with Gasteiger partial charge in [0.15, 0.2) is 15.1 Å². The summed E-state index contributed by atoms with van der Waals surface area (Å²) in [6, 6.07) is 6.37. The van der Waals surface area contributed by atoms with E-state index in [1.807, 2.05) is 0 Å². The van der Waals surface area contributed by atoms with Gasteiger partial charge in [-0.2, -0.15) is 0 Å². The van der Waals surface area contributed by atoms with Gasteiger partial charge in [-0.15, -0.1) is 0 Å². The van der Waals surface area contributed by atoms with Crippen LogP contribution in [0.4, 0.5) is 0 Å². The lowest BCUT2D eigenvalue weighted by Crippen LogP contribution is -2.34. The first-order valence-corrected chi connectivity index (χ1v) is 7.21. The Morgan fingerprint density at radius 1 is 1.44 bits per heavy atom. The average molecular weight is 292 g/mol. The van der Waals surface area contributed by atoms with Gasteiger partial charge in [0.05, 0.1) is 0 Å². The fourth-order valence-corrected chi connectivity index (χ4v) is 3.49. The van der Waals surface area contributed by atoms with Crippen LogP contribution in [0.5, 0.6) is 0 Å². The van der Waals surface area contributed by atoms with Gasteiger partial charge in [0.2, 0.25) is 0 Å². The Morgan fingerprint density at radius 2 is 2.00 bits per heavy atom. The van der Waals surface area contributed by atoms with Crippen molar-refractivity contribution in [2.45, 2.75) is 17.4 Å². The normalized spacial score (nSPS) is 15.1. The number of aliphatic carboxylic acids is 1. The minimum atomic E-state index is -3.93. The third-order valence-electron chi connectivity index (χ3n) is 2.70. The molecule has 0 aliphatic heterocycles. The second-order valence-electron chi connectivity index (χ2n) is 3.82. The quantitative estimate of drug-likeness (QED) is 0.850. The van der Waals surface area contributed by atoms with Crippen LogP contribution < -0.4 is 5.73 Å². The summed E-state index contributed by atoms with van der Waals surface area (Å²) in [6.45, 7) is 0.904. The van der Waals surface area contributed by atoms with Crippen LogP contribution in [0.25, 0.3) is 0 Å². The third kappa shape index (κ3) is 2.82. The fraction of sp³-hybridized carbons (Fsp3) is 0.364. The van der Waals surface area contributed by atoms with Crippen molar-refractivity contribution in [1.29, 1.82) is 0 Å². The summed E-state index contributed by atoms with van der Waals surface area (Å²) in [5.41, 5.74) is 5.80. The maximum absolute atomic E-state index is 12.1. The molecule has 0 saturated heterocycles. The first-order valence-electron chi connectivity index (χ1n) is 5.22. The van der Waals surface area contributed by atoms with Crippen LogP contribution in [0.2, 0.25) is 5.02 Å². The largest absolute Gasteiger partial charge is 0.480 e. The second kappa shape index (κ2) is 5.69. The van der Waals surface area contributed by atoms with Crippen molar-refractivity contribution < 1.29 is 18.3 Å². The molecule has 1 aromatic carbocycles. The van der Waals surface area contributed by atoms with Gasteiger partial charge in [-0.25, -0.2) is 8.42 Å². The van der Waals surface area contributed by atoms with Gasteiger partial charge in [0, 0.05) is 11.6 Å². The topological polar surface area (TPSA) is 97.5 Å². The molecule has 0 fully saturated rings. The molecule has 2 atom stereocenters. The molecule has 1 rings (SSSR count). The molecule has 2 unspecified atom stereocenters. The van der Waals surface area contributed by atoms with Crippen LogP contribution in [0.3, 0.4) is 0 Å². The summed E-state index contributed by atoms with van der Waals surface area (Å²) in [5, 5.41) is 6.44. The average Bonchev–Trinajstić information content (AvgIpc) is 2.31. The molecule has 1 aromatic rings. The summed E-state index contributed by atoms with van der Waals surface area (Å²) < 4.78 is 24.3. The Labute approximate surface area is 110 Å². The van der Waals surface area contributed by atoms with Crippen LogP contribution in [-0.2, 0) is 14.6 Å². The lowest BCUT2D eigenvalue weighted by atomic mass is 10.1.